The van der Waals surface area contributed by atoms with Crippen LogP contribution in [0, 0.1) is 6.92 Å². The third-order valence-corrected chi connectivity index (χ3v) is 2.21. The van der Waals surface area contributed by atoms with Crippen LogP contribution >= 0.6 is 23.2 Å². The molecule has 14 heavy (non-hydrogen) atoms. The lowest BCUT2D eigenvalue weighted by atomic mass is 10.4. The summed E-state index contributed by atoms with van der Waals surface area (Å²) in [6, 6.07) is 5.34. The van der Waals surface area contributed by atoms with Crippen LogP contribution in [0.5, 0.6) is 0 Å². The van der Waals surface area contributed by atoms with E-state index in [1.807, 2.05) is 13.0 Å². The van der Waals surface area contributed by atoms with E-state index in [9.17, 15) is 0 Å². The molecule has 5 heteroatoms. The van der Waals surface area contributed by atoms with Crippen LogP contribution in [0.4, 0.5) is 0 Å². The number of aromatic nitrogens is 3. The summed E-state index contributed by atoms with van der Waals surface area (Å²) >= 11 is 11.6. The average molecular weight is 228 g/mol. The van der Waals surface area contributed by atoms with Crippen LogP contribution in [0.3, 0.4) is 0 Å². The molecule has 0 fully saturated rings. The molecule has 0 atom stereocenters. The first-order valence-electron chi connectivity index (χ1n) is 4.01. The van der Waals surface area contributed by atoms with Crippen molar-refractivity contribution in [1.29, 1.82) is 0 Å². The van der Waals surface area contributed by atoms with Crippen molar-refractivity contribution in [2.45, 2.75) is 6.92 Å². The quantitative estimate of drug-likeness (QED) is 0.702. The molecule has 0 amide bonds. The number of hydrogen-bond donors (Lipinski definition) is 0. The molecule has 0 aromatic carbocycles. The smallest absolute Gasteiger partial charge is 0.132 e. The zero-order valence-corrected chi connectivity index (χ0v) is 8.92. The second-order valence-corrected chi connectivity index (χ2v) is 3.63. The van der Waals surface area contributed by atoms with Crippen molar-refractivity contribution in [3.63, 3.8) is 0 Å². The first-order chi connectivity index (χ1) is 6.66. The fourth-order valence-electron chi connectivity index (χ4n) is 1.21. The third kappa shape index (κ3) is 1.74. The number of nitrogens with zero attached hydrogens (tertiary/aromatic N) is 3. The second-order valence-electron chi connectivity index (χ2n) is 2.86. The Morgan fingerprint density at radius 3 is 2.36 bits per heavy atom. The van der Waals surface area contributed by atoms with E-state index in [1.165, 1.54) is 0 Å². The summed E-state index contributed by atoms with van der Waals surface area (Å²) in [6.45, 7) is 1.95. The Labute approximate surface area is 91.3 Å². The molecule has 0 N–H and O–H groups in total. The van der Waals surface area contributed by atoms with Gasteiger partial charge in [-0.15, -0.1) is 0 Å². The van der Waals surface area contributed by atoms with Crippen LogP contribution in [0.25, 0.3) is 5.69 Å². The maximum atomic E-state index is 5.78. The third-order valence-electron chi connectivity index (χ3n) is 1.82. The van der Waals surface area contributed by atoms with Crippen molar-refractivity contribution in [3.05, 3.63) is 40.4 Å². The molecular weight excluding hydrogens is 221 g/mol. The summed E-state index contributed by atoms with van der Waals surface area (Å²) in [5.74, 6) is 0. The molecule has 3 nitrogen and oxygen atoms in total. The van der Waals surface area contributed by atoms with Crippen molar-refractivity contribution in [2.75, 3.05) is 0 Å². The van der Waals surface area contributed by atoms with E-state index in [0.29, 0.717) is 10.3 Å². The number of halogens is 2. The Kier molecular flexibility index (Phi) is 2.44. The molecule has 0 radical (unpaired) electrons. The zero-order valence-electron chi connectivity index (χ0n) is 7.41. The van der Waals surface area contributed by atoms with Gasteiger partial charge in [-0.3, -0.25) is 0 Å². The van der Waals surface area contributed by atoms with Gasteiger partial charge in [0.05, 0.1) is 5.69 Å². The largest absolute Gasteiger partial charge is 0.238 e. The minimum Gasteiger partial charge on any atom is -0.238 e. The van der Waals surface area contributed by atoms with Gasteiger partial charge in [-0.25, -0.2) is 9.67 Å². The molecule has 0 saturated heterocycles. The maximum Gasteiger partial charge on any atom is 0.132 e. The van der Waals surface area contributed by atoms with Crippen molar-refractivity contribution < 1.29 is 0 Å². The van der Waals surface area contributed by atoms with Crippen molar-refractivity contribution in [3.8, 4) is 5.69 Å². The van der Waals surface area contributed by atoms with Gasteiger partial charge < -0.3 is 0 Å². The van der Waals surface area contributed by atoms with Gasteiger partial charge in [0.25, 0.3) is 0 Å². The van der Waals surface area contributed by atoms with Gasteiger partial charge in [0.15, 0.2) is 0 Å². The number of hydrogen-bond acceptors (Lipinski definition) is 2. The molecule has 2 aromatic heterocycles. The predicted octanol–water partition coefficient (Wildman–Crippen LogP) is 2.88. The van der Waals surface area contributed by atoms with Crippen LogP contribution in [0.2, 0.25) is 10.3 Å². The summed E-state index contributed by atoms with van der Waals surface area (Å²) in [6.07, 6.45) is 1.72. The lowest BCUT2D eigenvalue weighted by Gasteiger charge is -2.04. The molecule has 2 heterocycles. The van der Waals surface area contributed by atoms with Gasteiger partial charge in [0.2, 0.25) is 0 Å². The van der Waals surface area contributed by atoms with Crippen LogP contribution in [-0.2, 0) is 0 Å². The Bertz CT molecular complexity index is 445. The highest BCUT2D eigenvalue weighted by Crippen LogP contribution is 2.18. The van der Waals surface area contributed by atoms with Gasteiger partial charge in [-0.1, -0.05) is 23.2 Å². The molecule has 0 aliphatic heterocycles. The van der Waals surface area contributed by atoms with E-state index in [0.717, 1.165) is 11.4 Å². The van der Waals surface area contributed by atoms with E-state index in [2.05, 4.69) is 10.1 Å². The Hall–Kier alpha value is -1.06. The predicted molar refractivity (Wildman–Crippen MR) is 56.1 cm³/mol. The summed E-state index contributed by atoms with van der Waals surface area (Å²) in [5, 5.41) is 4.87. The minimum atomic E-state index is 0.363. The molecule has 2 rings (SSSR count). The Balaban J connectivity index is 2.57. The Morgan fingerprint density at radius 2 is 1.86 bits per heavy atom. The molecule has 0 aliphatic rings. The molecule has 0 aliphatic carbocycles. The topological polar surface area (TPSA) is 30.7 Å². The summed E-state index contributed by atoms with van der Waals surface area (Å²) in [4.78, 5) is 3.86. The molecule has 0 unspecified atom stereocenters. The highest BCUT2D eigenvalue weighted by Gasteiger charge is 2.03. The van der Waals surface area contributed by atoms with Gasteiger partial charge in [0.1, 0.15) is 10.3 Å². The monoisotopic (exact) mass is 227 g/mol. The SMILES string of the molecule is Cc1ccnn1-c1cc(Cl)nc(Cl)c1. The highest BCUT2D eigenvalue weighted by atomic mass is 35.5. The molecule has 72 valence electrons. The minimum absolute atomic E-state index is 0.363. The standard InChI is InChI=1S/C9H7Cl2N3/c1-6-2-3-12-14(6)7-4-8(10)13-9(11)5-7/h2-5H,1H3. The average Bonchev–Trinajstić information content (AvgIpc) is 2.49. The van der Waals surface area contributed by atoms with Crippen molar-refractivity contribution >= 4 is 23.2 Å². The van der Waals surface area contributed by atoms with Gasteiger partial charge in [0, 0.05) is 24.0 Å². The number of pyridine rings is 1. The normalized spacial score (nSPS) is 10.5. The Morgan fingerprint density at radius 1 is 1.21 bits per heavy atom. The van der Waals surface area contributed by atoms with Crippen molar-refractivity contribution in [1.82, 2.24) is 14.8 Å². The summed E-state index contributed by atoms with van der Waals surface area (Å²) in [7, 11) is 0. The van der Waals surface area contributed by atoms with E-state index >= 15 is 0 Å². The van der Waals surface area contributed by atoms with Gasteiger partial charge in [-0.2, -0.15) is 5.10 Å². The zero-order chi connectivity index (χ0) is 10.1. The van der Waals surface area contributed by atoms with Crippen LogP contribution in [0.15, 0.2) is 24.4 Å². The molecule has 0 spiro atoms. The molecule has 0 saturated carbocycles. The van der Waals surface area contributed by atoms with E-state index in [4.69, 9.17) is 23.2 Å². The van der Waals surface area contributed by atoms with Crippen molar-refractivity contribution in [2.24, 2.45) is 0 Å². The van der Waals surface area contributed by atoms with Gasteiger partial charge in [-0.05, 0) is 13.0 Å². The van der Waals surface area contributed by atoms with Crippen LogP contribution in [-0.4, -0.2) is 14.8 Å². The molecule has 2 aromatic rings. The van der Waals surface area contributed by atoms with E-state index in [1.54, 1.807) is 23.0 Å². The lowest BCUT2D eigenvalue weighted by molar-refractivity contribution is 0.845. The maximum absolute atomic E-state index is 5.78. The number of rotatable bonds is 1. The summed E-state index contributed by atoms with van der Waals surface area (Å²) in [5.41, 5.74) is 1.83. The number of aryl methyl sites for hydroxylation is 1. The molecule has 0 bridgehead atoms. The summed E-state index contributed by atoms with van der Waals surface area (Å²) < 4.78 is 1.75. The van der Waals surface area contributed by atoms with E-state index < -0.39 is 0 Å². The first-order valence-corrected chi connectivity index (χ1v) is 4.76. The fraction of sp³-hybridized carbons (Fsp3) is 0.111. The van der Waals surface area contributed by atoms with Gasteiger partial charge >= 0.3 is 0 Å². The highest BCUT2D eigenvalue weighted by molar-refractivity contribution is 6.32. The first kappa shape index (κ1) is 9.49. The molecular formula is C9H7Cl2N3. The second kappa shape index (κ2) is 3.59. The van der Waals surface area contributed by atoms with Crippen LogP contribution < -0.4 is 0 Å². The fourth-order valence-corrected chi connectivity index (χ4v) is 1.66. The van der Waals surface area contributed by atoms with E-state index in [-0.39, 0.29) is 0 Å². The van der Waals surface area contributed by atoms with Crippen LogP contribution in [0.1, 0.15) is 5.69 Å². The lowest BCUT2D eigenvalue weighted by Crippen LogP contribution is -1.98.